The van der Waals surface area contributed by atoms with Gasteiger partial charge in [-0.15, -0.1) is 6.58 Å². The fraction of sp³-hybridized carbons (Fsp3) is 0.250. The van der Waals surface area contributed by atoms with Crippen LogP contribution in [0.25, 0.3) is 0 Å². The lowest BCUT2D eigenvalue weighted by molar-refractivity contribution is -0.118. The van der Waals surface area contributed by atoms with Crippen molar-refractivity contribution < 1.29 is 4.79 Å². The van der Waals surface area contributed by atoms with Crippen LogP contribution in [-0.4, -0.2) is 12.5 Å². The van der Waals surface area contributed by atoms with E-state index >= 15 is 0 Å². The van der Waals surface area contributed by atoms with E-state index in [1.807, 2.05) is 37.3 Å². The molecule has 1 rings (SSSR count). The zero-order chi connectivity index (χ0) is 10.4. The zero-order valence-corrected chi connectivity index (χ0v) is 8.44. The van der Waals surface area contributed by atoms with Gasteiger partial charge in [0.1, 0.15) is 0 Å². The molecule has 1 aromatic carbocycles. The van der Waals surface area contributed by atoms with E-state index in [2.05, 4.69) is 6.58 Å². The van der Waals surface area contributed by atoms with Gasteiger partial charge in [0.2, 0.25) is 5.91 Å². The monoisotopic (exact) mass is 189 g/mol. The predicted octanol–water partition coefficient (Wildman–Crippen LogP) is 2.62. The molecule has 0 atom stereocenters. The highest BCUT2D eigenvalue weighted by atomic mass is 16.2. The third-order valence-corrected chi connectivity index (χ3v) is 1.98. The first-order valence-corrected chi connectivity index (χ1v) is 4.76. The Morgan fingerprint density at radius 3 is 2.57 bits per heavy atom. The summed E-state index contributed by atoms with van der Waals surface area (Å²) in [5.41, 5.74) is 0.930. The van der Waals surface area contributed by atoms with E-state index in [0.29, 0.717) is 13.0 Å². The second kappa shape index (κ2) is 5.22. The molecule has 0 aliphatic rings. The van der Waals surface area contributed by atoms with Crippen LogP contribution in [0, 0.1) is 0 Å². The smallest absolute Gasteiger partial charge is 0.226 e. The summed E-state index contributed by atoms with van der Waals surface area (Å²) in [6, 6.07) is 9.64. The van der Waals surface area contributed by atoms with Crippen LogP contribution in [-0.2, 0) is 4.79 Å². The number of benzene rings is 1. The van der Waals surface area contributed by atoms with E-state index < -0.39 is 0 Å². The van der Waals surface area contributed by atoms with Crippen LogP contribution < -0.4 is 4.90 Å². The number of para-hydroxylation sites is 1. The Hall–Kier alpha value is -1.57. The molecule has 2 heteroatoms. The average molecular weight is 189 g/mol. The van der Waals surface area contributed by atoms with Crippen molar-refractivity contribution in [2.45, 2.75) is 13.3 Å². The van der Waals surface area contributed by atoms with E-state index in [1.54, 1.807) is 11.0 Å². The Bertz CT molecular complexity index is 305. The second-order valence-corrected chi connectivity index (χ2v) is 2.98. The molecule has 1 amide bonds. The van der Waals surface area contributed by atoms with Gasteiger partial charge in [0.15, 0.2) is 0 Å². The fourth-order valence-electron chi connectivity index (χ4n) is 1.28. The van der Waals surface area contributed by atoms with Gasteiger partial charge in [0.05, 0.1) is 0 Å². The molecule has 0 aliphatic carbocycles. The molecule has 0 aliphatic heterocycles. The van der Waals surface area contributed by atoms with Crippen LogP contribution in [0.15, 0.2) is 43.0 Å². The number of carbonyl (C=O) groups excluding carboxylic acids is 1. The summed E-state index contributed by atoms with van der Waals surface area (Å²) in [6.07, 6.45) is 2.25. The van der Waals surface area contributed by atoms with Crippen LogP contribution in [0.3, 0.4) is 0 Å². The minimum absolute atomic E-state index is 0.121. The number of rotatable bonds is 4. The molecule has 0 saturated heterocycles. The van der Waals surface area contributed by atoms with Gasteiger partial charge in [0, 0.05) is 18.7 Å². The number of amides is 1. The first-order chi connectivity index (χ1) is 6.79. The Morgan fingerprint density at radius 2 is 2.07 bits per heavy atom. The van der Waals surface area contributed by atoms with Gasteiger partial charge in [-0.05, 0) is 12.1 Å². The molecule has 14 heavy (non-hydrogen) atoms. The highest BCUT2D eigenvalue weighted by Crippen LogP contribution is 2.13. The molecular weight excluding hydrogens is 174 g/mol. The summed E-state index contributed by atoms with van der Waals surface area (Å²) >= 11 is 0. The summed E-state index contributed by atoms with van der Waals surface area (Å²) in [6.45, 7) is 6.08. The standard InChI is InChI=1S/C12H15NO/c1-3-10-13(12(14)4-2)11-8-6-5-7-9-11/h3,5-9H,1,4,10H2,2H3. The van der Waals surface area contributed by atoms with Gasteiger partial charge in [-0.3, -0.25) is 4.79 Å². The molecule has 2 nitrogen and oxygen atoms in total. The molecular formula is C12H15NO. The summed E-state index contributed by atoms with van der Waals surface area (Å²) in [5.74, 6) is 0.121. The maximum Gasteiger partial charge on any atom is 0.226 e. The molecule has 0 unspecified atom stereocenters. The SMILES string of the molecule is C=CCN(C(=O)CC)c1ccccc1. The molecule has 0 bridgehead atoms. The first-order valence-electron chi connectivity index (χ1n) is 4.76. The van der Waals surface area contributed by atoms with Crippen molar-refractivity contribution in [2.75, 3.05) is 11.4 Å². The van der Waals surface area contributed by atoms with E-state index in [4.69, 9.17) is 0 Å². The van der Waals surface area contributed by atoms with Gasteiger partial charge in [0.25, 0.3) is 0 Å². The van der Waals surface area contributed by atoms with Crippen molar-refractivity contribution >= 4 is 11.6 Å². The van der Waals surface area contributed by atoms with Crippen LogP contribution in [0.2, 0.25) is 0 Å². The van der Waals surface area contributed by atoms with E-state index in [-0.39, 0.29) is 5.91 Å². The number of hydrogen-bond acceptors (Lipinski definition) is 1. The number of anilines is 1. The van der Waals surface area contributed by atoms with Gasteiger partial charge < -0.3 is 4.90 Å². The highest BCUT2D eigenvalue weighted by molar-refractivity contribution is 5.93. The number of carbonyl (C=O) groups is 1. The predicted molar refractivity (Wildman–Crippen MR) is 59.3 cm³/mol. The van der Waals surface area contributed by atoms with Gasteiger partial charge in [-0.2, -0.15) is 0 Å². The van der Waals surface area contributed by atoms with E-state index in [9.17, 15) is 4.79 Å². The quantitative estimate of drug-likeness (QED) is 0.667. The molecule has 0 saturated carbocycles. The topological polar surface area (TPSA) is 20.3 Å². The van der Waals surface area contributed by atoms with Crippen LogP contribution in [0.1, 0.15) is 13.3 Å². The van der Waals surface area contributed by atoms with Crippen molar-refractivity contribution in [3.05, 3.63) is 43.0 Å². The average Bonchev–Trinajstić information content (AvgIpc) is 2.26. The minimum atomic E-state index is 0.121. The third-order valence-electron chi connectivity index (χ3n) is 1.98. The summed E-state index contributed by atoms with van der Waals surface area (Å²) < 4.78 is 0. The summed E-state index contributed by atoms with van der Waals surface area (Å²) in [5, 5.41) is 0. The Balaban J connectivity index is 2.88. The van der Waals surface area contributed by atoms with Crippen molar-refractivity contribution in [3.8, 4) is 0 Å². The fourth-order valence-corrected chi connectivity index (χ4v) is 1.28. The minimum Gasteiger partial charge on any atom is -0.309 e. The molecule has 0 radical (unpaired) electrons. The zero-order valence-electron chi connectivity index (χ0n) is 8.44. The van der Waals surface area contributed by atoms with Gasteiger partial charge in [-0.25, -0.2) is 0 Å². The maximum absolute atomic E-state index is 11.6. The molecule has 0 spiro atoms. The largest absolute Gasteiger partial charge is 0.309 e. The van der Waals surface area contributed by atoms with Crippen molar-refractivity contribution in [3.63, 3.8) is 0 Å². The van der Waals surface area contributed by atoms with Crippen molar-refractivity contribution in [1.29, 1.82) is 0 Å². The van der Waals surface area contributed by atoms with Gasteiger partial charge >= 0.3 is 0 Å². The first kappa shape index (κ1) is 10.5. The lowest BCUT2D eigenvalue weighted by Gasteiger charge is -2.20. The van der Waals surface area contributed by atoms with Crippen LogP contribution in [0.5, 0.6) is 0 Å². The van der Waals surface area contributed by atoms with Crippen LogP contribution in [0.4, 0.5) is 5.69 Å². The van der Waals surface area contributed by atoms with E-state index in [0.717, 1.165) is 5.69 Å². The molecule has 0 fully saturated rings. The Kier molecular flexibility index (Phi) is 3.92. The summed E-state index contributed by atoms with van der Waals surface area (Å²) in [4.78, 5) is 13.3. The van der Waals surface area contributed by atoms with Gasteiger partial charge in [-0.1, -0.05) is 31.2 Å². The van der Waals surface area contributed by atoms with Crippen molar-refractivity contribution in [2.24, 2.45) is 0 Å². The molecule has 74 valence electrons. The lowest BCUT2D eigenvalue weighted by atomic mass is 10.2. The number of hydrogen-bond donors (Lipinski definition) is 0. The molecule has 0 aromatic heterocycles. The number of nitrogens with zero attached hydrogens (tertiary/aromatic N) is 1. The second-order valence-electron chi connectivity index (χ2n) is 2.98. The maximum atomic E-state index is 11.6. The normalized spacial score (nSPS) is 9.50. The summed E-state index contributed by atoms with van der Waals surface area (Å²) in [7, 11) is 0. The Morgan fingerprint density at radius 1 is 1.43 bits per heavy atom. The molecule has 0 heterocycles. The molecule has 0 N–H and O–H groups in total. The van der Waals surface area contributed by atoms with E-state index in [1.165, 1.54) is 0 Å². The Labute approximate surface area is 84.9 Å². The lowest BCUT2D eigenvalue weighted by Crippen LogP contribution is -2.30. The third kappa shape index (κ3) is 2.46. The highest BCUT2D eigenvalue weighted by Gasteiger charge is 2.10. The van der Waals surface area contributed by atoms with Crippen LogP contribution >= 0.6 is 0 Å². The molecule has 1 aromatic rings. The van der Waals surface area contributed by atoms with Crippen molar-refractivity contribution in [1.82, 2.24) is 0 Å².